The number of fused-ring (bicyclic) bond motifs is 6. The van der Waals surface area contributed by atoms with Crippen molar-refractivity contribution in [2.45, 2.75) is 124 Å². The van der Waals surface area contributed by atoms with E-state index < -0.39 is 0 Å². The van der Waals surface area contributed by atoms with Crippen molar-refractivity contribution in [2.75, 3.05) is 4.90 Å². The molecule has 0 amide bonds. The van der Waals surface area contributed by atoms with E-state index in [0.717, 1.165) is 23.5 Å². The zero-order valence-corrected chi connectivity index (χ0v) is 45.9. The molecule has 75 heavy (non-hydrogen) atoms. The molecule has 0 aliphatic heterocycles. The largest absolute Gasteiger partial charge is 0.310 e. The fraction of sp³-hybridized carbons (Fsp3) is 0.260. The minimum atomic E-state index is -0.108. The van der Waals surface area contributed by atoms with E-state index in [1.807, 2.05) is 0 Å². The molecular formula is C73H74N2. The van der Waals surface area contributed by atoms with Gasteiger partial charge in [-0.05, 0) is 163 Å². The van der Waals surface area contributed by atoms with Crippen molar-refractivity contribution >= 4 is 38.9 Å². The summed E-state index contributed by atoms with van der Waals surface area (Å²) < 4.78 is 2.51. The summed E-state index contributed by atoms with van der Waals surface area (Å²) in [7, 11) is 0. The molecule has 1 aromatic heterocycles. The first-order chi connectivity index (χ1) is 36.2. The van der Waals surface area contributed by atoms with Crippen molar-refractivity contribution in [3.8, 4) is 50.2 Å². The van der Waals surface area contributed by atoms with Crippen LogP contribution in [0.5, 0.6) is 0 Å². The molecule has 1 heterocycles. The second-order valence-corrected chi connectivity index (χ2v) is 24.0. The van der Waals surface area contributed by atoms with Crippen LogP contribution < -0.4 is 4.90 Å². The average Bonchev–Trinajstić information content (AvgIpc) is 3.89. The summed E-state index contributed by atoms with van der Waals surface area (Å²) in [4.78, 5) is 2.42. The number of anilines is 3. The first kappa shape index (κ1) is 49.8. The molecule has 0 N–H and O–H groups in total. The molecule has 0 atom stereocenters. The second-order valence-electron chi connectivity index (χ2n) is 24.0. The van der Waals surface area contributed by atoms with Crippen LogP contribution in [0.3, 0.4) is 0 Å². The van der Waals surface area contributed by atoms with E-state index in [4.69, 9.17) is 0 Å². The molecule has 0 fully saturated rings. The van der Waals surface area contributed by atoms with E-state index in [1.54, 1.807) is 0 Å². The molecule has 0 saturated heterocycles. The first-order valence-electron chi connectivity index (χ1n) is 27.8. The monoisotopic (exact) mass is 979 g/mol. The number of nitrogens with zero attached hydrogens (tertiary/aromatic N) is 2. The molecule has 1 aliphatic rings. The number of aromatic nitrogens is 1. The van der Waals surface area contributed by atoms with E-state index in [2.05, 4.69) is 272 Å². The second kappa shape index (κ2) is 20.0. The number of benzene rings is 9. The van der Waals surface area contributed by atoms with Crippen molar-refractivity contribution in [3.05, 3.63) is 228 Å². The van der Waals surface area contributed by atoms with Gasteiger partial charge in [-0.2, -0.15) is 0 Å². The van der Waals surface area contributed by atoms with Gasteiger partial charge in [0.15, 0.2) is 0 Å². The normalized spacial score (nSPS) is 13.1. The van der Waals surface area contributed by atoms with Crippen molar-refractivity contribution in [3.63, 3.8) is 0 Å². The Morgan fingerprint density at radius 3 is 1.65 bits per heavy atom. The summed E-state index contributed by atoms with van der Waals surface area (Å²) in [6.07, 6.45) is 8.97. The summed E-state index contributed by atoms with van der Waals surface area (Å²) in [5, 5.41) is 2.52. The minimum absolute atomic E-state index is 0.0445. The van der Waals surface area contributed by atoms with Crippen molar-refractivity contribution in [2.24, 2.45) is 0 Å². The summed E-state index contributed by atoms with van der Waals surface area (Å²) in [6, 6.07) is 75.7. The van der Waals surface area contributed by atoms with Crippen LogP contribution in [0.25, 0.3) is 72.0 Å². The lowest BCUT2D eigenvalue weighted by atomic mass is 9.82. The van der Waals surface area contributed by atoms with Gasteiger partial charge in [0.2, 0.25) is 0 Å². The Morgan fingerprint density at radius 2 is 0.947 bits per heavy atom. The van der Waals surface area contributed by atoms with Gasteiger partial charge in [-0.3, -0.25) is 0 Å². The lowest BCUT2D eigenvalue weighted by Crippen LogP contribution is -2.16. The van der Waals surface area contributed by atoms with Gasteiger partial charge in [0.1, 0.15) is 0 Å². The Morgan fingerprint density at radius 1 is 0.400 bits per heavy atom. The third-order valence-electron chi connectivity index (χ3n) is 16.2. The van der Waals surface area contributed by atoms with Crippen LogP contribution >= 0.6 is 0 Å². The molecule has 0 radical (unpaired) electrons. The maximum absolute atomic E-state index is 2.51. The molecule has 1 aliphatic carbocycles. The fourth-order valence-corrected chi connectivity index (χ4v) is 11.8. The summed E-state index contributed by atoms with van der Waals surface area (Å²) >= 11 is 0. The van der Waals surface area contributed by atoms with Crippen LogP contribution in [0.4, 0.5) is 17.1 Å². The number of unbranched alkanes of at least 4 members (excludes halogenated alkanes) is 5. The standard InChI is InChI=1S/C73H74N2/c1-10-11-12-13-14-16-23-50-42-55(44-57(43-50)71(2,3)4)56-45-58(72(5,6)7)48-62(46-56)75-69-29-22-20-27-65(69)66-47-54(34-41-70(66)75)53-32-37-60(38-33-53)74(59-35-30-52(31-36-59)51-24-17-15-18-25-51)61-39-40-64-63-26-19-21-28-67(63)73(8,9)68(64)49-61/h15,17-22,24-49H,10-14,16,23H2,1-9H3. The lowest BCUT2D eigenvalue weighted by Gasteiger charge is -2.28. The first-order valence-corrected chi connectivity index (χ1v) is 27.8. The maximum atomic E-state index is 2.51. The highest BCUT2D eigenvalue weighted by Gasteiger charge is 2.36. The van der Waals surface area contributed by atoms with Gasteiger partial charge in [0.25, 0.3) is 0 Å². The zero-order valence-electron chi connectivity index (χ0n) is 45.9. The molecule has 9 aromatic carbocycles. The highest BCUT2D eigenvalue weighted by Crippen LogP contribution is 2.51. The molecule has 376 valence electrons. The number of para-hydroxylation sites is 1. The lowest BCUT2D eigenvalue weighted by molar-refractivity contribution is 0.586. The molecule has 0 unspecified atom stereocenters. The van der Waals surface area contributed by atoms with Crippen LogP contribution in [0.15, 0.2) is 200 Å². The predicted molar refractivity (Wildman–Crippen MR) is 324 cm³/mol. The van der Waals surface area contributed by atoms with E-state index >= 15 is 0 Å². The van der Waals surface area contributed by atoms with Gasteiger partial charge >= 0.3 is 0 Å². The minimum Gasteiger partial charge on any atom is -0.310 e. The van der Waals surface area contributed by atoms with Gasteiger partial charge in [0, 0.05) is 38.9 Å². The fourth-order valence-electron chi connectivity index (χ4n) is 11.8. The van der Waals surface area contributed by atoms with E-state index in [1.165, 1.54) is 138 Å². The third kappa shape index (κ3) is 9.77. The number of hydrogen-bond donors (Lipinski definition) is 0. The molecule has 2 nitrogen and oxygen atoms in total. The average molecular weight is 979 g/mol. The quantitative estimate of drug-likeness (QED) is 0.0986. The highest BCUT2D eigenvalue weighted by molar-refractivity contribution is 6.10. The molecule has 0 bridgehead atoms. The van der Waals surface area contributed by atoms with Crippen LogP contribution in [-0.4, -0.2) is 4.57 Å². The van der Waals surface area contributed by atoms with E-state index in [9.17, 15) is 0 Å². The highest BCUT2D eigenvalue weighted by atomic mass is 15.1. The summed E-state index contributed by atoms with van der Waals surface area (Å²) in [5.41, 5.74) is 24.0. The van der Waals surface area contributed by atoms with Gasteiger partial charge in [-0.15, -0.1) is 0 Å². The number of rotatable bonds is 14. The smallest absolute Gasteiger partial charge is 0.0541 e. The zero-order chi connectivity index (χ0) is 52.1. The molecule has 2 heteroatoms. The van der Waals surface area contributed by atoms with Crippen molar-refractivity contribution in [1.82, 2.24) is 4.57 Å². The Kier molecular flexibility index (Phi) is 13.3. The summed E-state index contributed by atoms with van der Waals surface area (Å²) in [5.74, 6) is 0. The molecule has 11 rings (SSSR count). The van der Waals surface area contributed by atoms with Gasteiger partial charge < -0.3 is 9.47 Å². The van der Waals surface area contributed by atoms with Crippen LogP contribution in [-0.2, 0) is 22.7 Å². The van der Waals surface area contributed by atoms with Crippen LogP contribution in [0.1, 0.15) is 129 Å². The Hall–Kier alpha value is -7.42. The molecule has 0 saturated carbocycles. The number of aryl methyl sites for hydroxylation is 1. The van der Waals surface area contributed by atoms with Crippen molar-refractivity contribution in [1.29, 1.82) is 0 Å². The number of hydrogen-bond acceptors (Lipinski definition) is 1. The van der Waals surface area contributed by atoms with Crippen LogP contribution in [0.2, 0.25) is 0 Å². The third-order valence-corrected chi connectivity index (χ3v) is 16.2. The van der Waals surface area contributed by atoms with Gasteiger partial charge in [-0.25, -0.2) is 0 Å². The Bertz CT molecular complexity index is 3670. The summed E-state index contributed by atoms with van der Waals surface area (Å²) in [6.45, 7) is 21.1. The van der Waals surface area contributed by atoms with Crippen molar-refractivity contribution < 1.29 is 0 Å². The van der Waals surface area contributed by atoms with Crippen LogP contribution in [0, 0.1) is 0 Å². The van der Waals surface area contributed by atoms with Gasteiger partial charge in [-0.1, -0.05) is 228 Å². The topological polar surface area (TPSA) is 8.17 Å². The Labute approximate surface area is 447 Å². The van der Waals surface area contributed by atoms with E-state index in [-0.39, 0.29) is 16.2 Å². The maximum Gasteiger partial charge on any atom is 0.0541 e. The predicted octanol–water partition coefficient (Wildman–Crippen LogP) is 21.1. The molecular weight excluding hydrogens is 905 g/mol. The molecule has 10 aromatic rings. The SMILES string of the molecule is CCCCCCCCc1cc(-c2cc(-n3c4ccccc4c4cc(-c5ccc(N(c6ccc(-c7ccccc7)cc6)c6ccc7c(c6)C(C)(C)c6ccccc6-7)cc5)ccc43)cc(C(C)(C)C)c2)cc(C(C)(C)C)c1. The van der Waals surface area contributed by atoms with E-state index in [0.29, 0.717) is 0 Å². The van der Waals surface area contributed by atoms with Gasteiger partial charge in [0.05, 0.1) is 11.0 Å². The Balaban J connectivity index is 0.973. The molecule has 0 spiro atoms.